The second kappa shape index (κ2) is 8.87. The first-order valence-corrected chi connectivity index (χ1v) is 9.43. The van der Waals surface area contributed by atoms with Gasteiger partial charge in [-0.2, -0.15) is 5.26 Å². The summed E-state index contributed by atoms with van der Waals surface area (Å²) in [6.07, 6.45) is 0.662. The van der Waals surface area contributed by atoms with E-state index in [0.29, 0.717) is 15.9 Å². The Morgan fingerprint density at radius 1 is 1.47 bits per heavy atom. The van der Waals surface area contributed by atoms with Gasteiger partial charge in [0.2, 0.25) is 0 Å². The summed E-state index contributed by atoms with van der Waals surface area (Å²) in [4.78, 5) is 22.4. The van der Waals surface area contributed by atoms with Crippen LogP contribution in [0.3, 0.4) is 0 Å². The van der Waals surface area contributed by atoms with Gasteiger partial charge in [-0.25, -0.2) is 14.4 Å². The topological polar surface area (TPSA) is 131 Å². The largest absolute Gasteiger partial charge is 0.467 e. The number of hydrogen-bond acceptors (Lipinski definition) is 8. The maximum atomic E-state index is 13.9. The molecule has 0 aliphatic rings. The van der Waals surface area contributed by atoms with Crippen LogP contribution in [0.4, 0.5) is 10.2 Å². The molecular weight excluding hydrogens is 459 g/mol. The lowest BCUT2D eigenvalue weighted by Crippen LogP contribution is -2.28. The van der Waals surface area contributed by atoms with Crippen molar-refractivity contribution < 1.29 is 18.4 Å². The van der Waals surface area contributed by atoms with Gasteiger partial charge in [0.05, 0.1) is 12.7 Å². The quantitative estimate of drug-likeness (QED) is 0.575. The minimum absolute atomic E-state index is 0.0542. The van der Waals surface area contributed by atoms with Gasteiger partial charge >= 0.3 is 0 Å². The Morgan fingerprint density at radius 2 is 2.23 bits per heavy atom. The zero-order valence-electron chi connectivity index (χ0n) is 16.0. The fourth-order valence-electron chi connectivity index (χ4n) is 2.69. The SMILES string of the molecule is C[C@@H](Oc1nc(Br)cnc1N)c1cc(F)ccc1C(=O)N(C)Cc1cc(C#N)no1. The van der Waals surface area contributed by atoms with Crippen molar-refractivity contribution in [3.8, 4) is 11.9 Å². The molecule has 0 radical (unpaired) electrons. The van der Waals surface area contributed by atoms with Gasteiger partial charge in [-0.3, -0.25) is 4.79 Å². The molecule has 0 spiro atoms. The Morgan fingerprint density at radius 3 is 2.93 bits per heavy atom. The van der Waals surface area contributed by atoms with Crippen LogP contribution in [0, 0.1) is 17.1 Å². The summed E-state index contributed by atoms with van der Waals surface area (Å²) in [6.45, 7) is 1.72. The number of amides is 1. The first-order chi connectivity index (χ1) is 14.3. The number of anilines is 1. The van der Waals surface area contributed by atoms with Crippen LogP contribution >= 0.6 is 15.9 Å². The van der Waals surface area contributed by atoms with Crippen molar-refractivity contribution in [1.29, 1.82) is 5.26 Å². The molecular formula is C19H16BrFN6O3. The number of carbonyl (C=O) groups excluding carboxylic acids is 1. The third kappa shape index (κ3) is 4.72. The van der Waals surface area contributed by atoms with Gasteiger partial charge in [0.1, 0.15) is 22.6 Å². The minimum Gasteiger partial charge on any atom is -0.467 e. The van der Waals surface area contributed by atoms with Crippen molar-refractivity contribution in [2.24, 2.45) is 0 Å². The summed E-state index contributed by atoms with van der Waals surface area (Å²) in [5.74, 6) is -0.471. The number of nitrogens with zero attached hydrogens (tertiary/aromatic N) is 5. The predicted octanol–water partition coefficient (Wildman–Crippen LogP) is 3.23. The second-order valence-corrected chi connectivity index (χ2v) is 7.14. The number of rotatable bonds is 6. The number of nitrogens with two attached hydrogens (primary N) is 1. The number of benzene rings is 1. The fourth-order valence-corrected chi connectivity index (χ4v) is 2.96. The molecule has 154 valence electrons. The van der Waals surface area contributed by atoms with E-state index in [2.05, 4.69) is 31.1 Å². The van der Waals surface area contributed by atoms with Gasteiger partial charge in [0.15, 0.2) is 17.3 Å². The summed E-state index contributed by atoms with van der Waals surface area (Å²) in [6, 6.07) is 7.07. The van der Waals surface area contributed by atoms with E-state index >= 15 is 0 Å². The van der Waals surface area contributed by atoms with Crippen LogP contribution in [0.5, 0.6) is 5.88 Å². The van der Waals surface area contributed by atoms with E-state index in [9.17, 15) is 9.18 Å². The van der Waals surface area contributed by atoms with Gasteiger partial charge in [-0.1, -0.05) is 5.16 Å². The van der Waals surface area contributed by atoms with Gasteiger partial charge in [0, 0.05) is 24.2 Å². The molecule has 0 fully saturated rings. The van der Waals surface area contributed by atoms with Crippen LogP contribution in [-0.2, 0) is 6.54 Å². The third-order valence-electron chi connectivity index (χ3n) is 4.12. The summed E-state index contributed by atoms with van der Waals surface area (Å²) < 4.78 is 25.1. The smallest absolute Gasteiger partial charge is 0.258 e. The van der Waals surface area contributed by atoms with Gasteiger partial charge in [0.25, 0.3) is 11.8 Å². The summed E-state index contributed by atoms with van der Waals surface area (Å²) in [5, 5.41) is 12.4. The molecule has 1 atom stereocenters. The fraction of sp³-hybridized carbons (Fsp3) is 0.211. The van der Waals surface area contributed by atoms with E-state index < -0.39 is 17.8 Å². The maximum Gasteiger partial charge on any atom is 0.258 e. The van der Waals surface area contributed by atoms with Crippen molar-refractivity contribution in [3.05, 3.63) is 63.5 Å². The number of nitrogen functional groups attached to an aromatic ring is 1. The molecule has 11 heteroatoms. The second-order valence-electron chi connectivity index (χ2n) is 6.33. The van der Waals surface area contributed by atoms with Crippen molar-refractivity contribution >= 4 is 27.7 Å². The molecule has 1 aromatic carbocycles. The number of hydrogen-bond donors (Lipinski definition) is 1. The van der Waals surface area contributed by atoms with Crippen molar-refractivity contribution in [2.75, 3.05) is 12.8 Å². The Bertz CT molecular complexity index is 1130. The molecule has 3 aromatic rings. The lowest BCUT2D eigenvalue weighted by Gasteiger charge is -2.21. The molecule has 0 aliphatic carbocycles. The third-order valence-corrected chi connectivity index (χ3v) is 4.50. The summed E-state index contributed by atoms with van der Waals surface area (Å²) in [7, 11) is 1.55. The van der Waals surface area contributed by atoms with E-state index in [-0.39, 0.29) is 29.5 Å². The monoisotopic (exact) mass is 474 g/mol. The number of halogens is 2. The zero-order valence-corrected chi connectivity index (χ0v) is 17.6. The lowest BCUT2D eigenvalue weighted by atomic mass is 10.0. The number of carbonyl (C=O) groups is 1. The van der Waals surface area contributed by atoms with Crippen LogP contribution in [0.25, 0.3) is 0 Å². The molecule has 9 nitrogen and oxygen atoms in total. The van der Waals surface area contributed by atoms with E-state index in [1.165, 1.54) is 35.4 Å². The maximum absolute atomic E-state index is 13.9. The van der Waals surface area contributed by atoms with Crippen LogP contribution in [-0.4, -0.2) is 33.0 Å². The zero-order chi connectivity index (χ0) is 21.8. The Hall–Kier alpha value is -3.52. The molecule has 2 heterocycles. The Balaban J connectivity index is 1.85. The molecule has 2 N–H and O–H groups in total. The number of aromatic nitrogens is 3. The van der Waals surface area contributed by atoms with E-state index in [1.807, 2.05) is 6.07 Å². The van der Waals surface area contributed by atoms with Gasteiger partial charge < -0.3 is 19.9 Å². The highest BCUT2D eigenvalue weighted by Crippen LogP contribution is 2.28. The van der Waals surface area contributed by atoms with Crippen molar-refractivity contribution in [3.63, 3.8) is 0 Å². The van der Waals surface area contributed by atoms with Crippen molar-refractivity contribution in [2.45, 2.75) is 19.6 Å². The van der Waals surface area contributed by atoms with Gasteiger partial charge in [-0.05, 0) is 41.1 Å². The van der Waals surface area contributed by atoms with Crippen LogP contribution in [0.2, 0.25) is 0 Å². The van der Waals surface area contributed by atoms with Crippen LogP contribution in [0.1, 0.15) is 40.4 Å². The molecule has 3 rings (SSSR count). The minimum atomic E-state index is -0.755. The molecule has 0 saturated carbocycles. The molecule has 0 aliphatic heterocycles. The molecule has 30 heavy (non-hydrogen) atoms. The van der Waals surface area contributed by atoms with Crippen molar-refractivity contribution in [1.82, 2.24) is 20.0 Å². The summed E-state index contributed by atoms with van der Waals surface area (Å²) >= 11 is 3.19. The molecule has 0 unspecified atom stereocenters. The predicted molar refractivity (Wildman–Crippen MR) is 107 cm³/mol. The first-order valence-electron chi connectivity index (χ1n) is 8.63. The van der Waals surface area contributed by atoms with E-state index in [1.54, 1.807) is 14.0 Å². The molecule has 0 saturated heterocycles. The first kappa shape index (κ1) is 21.2. The highest BCUT2D eigenvalue weighted by Gasteiger charge is 2.23. The average molecular weight is 475 g/mol. The number of ether oxygens (including phenoxy) is 1. The highest BCUT2D eigenvalue weighted by atomic mass is 79.9. The van der Waals surface area contributed by atoms with Crippen LogP contribution in [0.15, 0.2) is 39.6 Å². The normalized spacial score (nSPS) is 11.6. The summed E-state index contributed by atoms with van der Waals surface area (Å²) in [5.41, 5.74) is 6.44. The average Bonchev–Trinajstić information content (AvgIpc) is 3.17. The lowest BCUT2D eigenvalue weighted by molar-refractivity contribution is 0.0767. The highest BCUT2D eigenvalue weighted by molar-refractivity contribution is 9.10. The molecule has 2 aromatic heterocycles. The molecule has 1 amide bonds. The Labute approximate surface area is 179 Å². The van der Waals surface area contributed by atoms with E-state index in [4.69, 9.17) is 20.3 Å². The molecule has 0 bridgehead atoms. The number of nitriles is 1. The van der Waals surface area contributed by atoms with Gasteiger partial charge in [-0.15, -0.1) is 0 Å². The van der Waals surface area contributed by atoms with Crippen LogP contribution < -0.4 is 10.5 Å². The Kier molecular flexibility index (Phi) is 6.27. The standard InChI is InChI=1S/C19H16BrFN6O3/c1-10(29-18-17(23)24-8-16(20)25-18)15-5-11(21)3-4-14(15)19(28)27(2)9-13-6-12(7-22)26-30-13/h3-6,8,10H,9H2,1-2H3,(H2,23,24)/t10-/m1/s1. The van der Waals surface area contributed by atoms with E-state index in [0.717, 1.165) is 0 Å².